The second-order valence-corrected chi connectivity index (χ2v) is 5.00. The van der Waals surface area contributed by atoms with Gasteiger partial charge in [0.05, 0.1) is 23.6 Å². The third kappa shape index (κ3) is 3.12. The summed E-state index contributed by atoms with van der Waals surface area (Å²) in [5, 5.41) is -0.491. The number of alkyl halides is 3. The third-order valence-electron chi connectivity index (χ3n) is 3.23. The zero-order valence-corrected chi connectivity index (χ0v) is 11.7. The van der Waals surface area contributed by atoms with Gasteiger partial charge in [-0.1, -0.05) is 11.6 Å². The van der Waals surface area contributed by atoms with E-state index in [2.05, 4.69) is 4.74 Å². The zero-order valence-electron chi connectivity index (χ0n) is 10.9. The molecule has 4 nitrogen and oxygen atoms in total. The molecule has 1 amide bonds. The molecule has 1 aliphatic rings. The molecular weight excluding hydrogens is 311 g/mol. The van der Waals surface area contributed by atoms with Crippen molar-refractivity contribution in [2.45, 2.75) is 12.6 Å². The number of methoxy groups -OCH3 is 1. The minimum atomic E-state index is -4.56. The molecule has 2 rings (SSSR count). The molecule has 0 aromatic heterocycles. The van der Waals surface area contributed by atoms with Crippen molar-refractivity contribution in [3.05, 3.63) is 28.8 Å². The lowest BCUT2D eigenvalue weighted by Crippen LogP contribution is -2.26. The van der Waals surface area contributed by atoms with Gasteiger partial charge in [0.15, 0.2) is 0 Å². The van der Waals surface area contributed by atoms with Gasteiger partial charge >= 0.3 is 12.1 Å². The Morgan fingerprint density at radius 3 is 2.62 bits per heavy atom. The Morgan fingerprint density at radius 1 is 1.43 bits per heavy atom. The molecule has 0 radical (unpaired) electrons. The van der Waals surface area contributed by atoms with E-state index < -0.39 is 28.6 Å². The largest absolute Gasteiger partial charge is 0.469 e. The highest BCUT2D eigenvalue weighted by Gasteiger charge is 2.37. The molecule has 1 saturated heterocycles. The minimum absolute atomic E-state index is 0.0364. The Kier molecular flexibility index (Phi) is 4.13. The van der Waals surface area contributed by atoms with Crippen LogP contribution in [0.25, 0.3) is 0 Å². The van der Waals surface area contributed by atoms with Crippen LogP contribution >= 0.6 is 11.6 Å². The maximum absolute atomic E-state index is 12.6. The second kappa shape index (κ2) is 5.55. The maximum atomic E-state index is 12.6. The summed E-state index contributed by atoms with van der Waals surface area (Å²) in [6.07, 6.45) is -4.59. The van der Waals surface area contributed by atoms with Gasteiger partial charge in [0, 0.05) is 18.7 Å². The molecule has 1 atom stereocenters. The predicted octanol–water partition coefficient (Wildman–Crippen LogP) is 2.88. The Labute approximate surface area is 123 Å². The van der Waals surface area contributed by atoms with Crippen molar-refractivity contribution in [3.63, 3.8) is 0 Å². The highest BCUT2D eigenvalue weighted by molar-refractivity contribution is 6.31. The number of amides is 1. The van der Waals surface area contributed by atoms with E-state index >= 15 is 0 Å². The standard InChI is InChI=1S/C13H11ClF3NO3/c1-21-12(20)7-4-11(19)18(6-7)8-2-3-9(10(14)5-8)13(15,16)17/h2-3,5,7H,4,6H2,1H3. The molecule has 1 unspecified atom stereocenters. The number of benzene rings is 1. The van der Waals surface area contributed by atoms with Gasteiger partial charge in [-0.05, 0) is 18.2 Å². The van der Waals surface area contributed by atoms with Crippen LogP contribution in [0.5, 0.6) is 0 Å². The van der Waals surface area contributed by atoms with Crippen molar-refractivity contribution < 1.29 is 27.5 Å². The van der Waals surface area contributed by atoms with Crippen LogP contribution in [-0.4, -0.2) is 25.5 Å². The Bertz CT molecular complexity index is 589. The summed E-state index contributed by atoms with van der Waals surface area (Å²) in [5.74, 6) is -1.51. The van der Waals surface area contributed by atoms with Crippen molar-refractivity contribution >= 4 is 29.2 Å². The van der Waals surface area contributed by atoms with E-state index in [9.17, 15) is 22.8 Å². The maximum Gasteiger partial charge on any atom is 0.417 e. The van der Waals surface area contributed by atoms with Crippen LogP contribution in [0.2, 0.25) is 5.02 Å². The number of nitrogens with zero attached hydrogens (tertiary/aromatic N) is 1. The molecular formula is C13H11ClF3NO3. The zero-order chi connectivity index (χ0) is 15.8. The van der Waals surface area contributed by atoms with Gasteiger partial charge in [-0.2, -0.15) is 13.2 Å². The number of anilines is 1. The molecule has 21 heavy (non-hydrogen) atoms. The van der Waals surface area contributed by atoms with Gasteiger partial charge in [-0.15, -0.1) is 0 Å². The van der Waals surface area contributed by atoms with Crippen molar-refractivity contribution in [2.24, 2.45) is 5.92 Å². The topological polar surface area (TPSA) is 46.6 Å². The molecule has 1 fully saturated rings. The number of carbonyl (C=O) groups is 2. The van der Waals surface area contributed by atoms with Crippen LogP contribution in [0.15, 0.2) is 18.2 Å². The Balaban J connectivity index is 2.26. The van der Waals surface area contributed by atoms with Crippen molar-refractivity contribution in [1.29, 1.82) is 0 Å². The number of hydrogen-bond acceptors (Lipinski definition) is 3. The first kappa shape index (κ1) is 15.6. The van der Waals surface area contributed by atoms with Crippen LogP contribution in [0.4, 0.5) is 18.9 Å². The fraction of sp³-hybridized carbons (Fsp3) is 0.385. The highest BCUT2D eigenvalue weighted by atomic mass is 35.5. The van der Waals surface area contributed by atoms with Crippen LogP contribution in [-0.2, 0) is 20.5 Å². The fourth-order valence-corrected chi connectivity index (χ4v) is 2.47. The molecule has 1 heterocycles. The molecule has 0 aliphatic carbocycles. The van der Waals surface area contributed by atoms with Crippen molar-refractivity contribution in [2.75, 3.05) is 18.6 Å². The number of carbonyl (C=O) groups excluding carboxylic acids is 2. The first-order valence-corrected chi connectivity index (χ1v) is 6.36. The number of ether oxygens (including phenoxy) is 1. The number of rotatable bonds is 2. The Hall–Kier alpha value is -1.76. The monoisotopic (exact) mass is 321 g/mol. The van der Waals surface area contributed by atoms with Crippen LogP contribution in [0.1, 0.15) is 12.0 Å². The van der Waals surface area contributed by atoms with Gasteiger partial charge in [0.1, 0.15) is 0 Å². The van der Waals surface area contributed by atoms with Crippen LogP contribution < -0.4 is 4.90 Å². The van der Waals surface area contributed by atoms with E-state index in [1.54, 1.807) is 0 Å². The molecule has 0 saturated carbocycles. The normalized spacial score (nSPS) is 19.0. The summed E-state index contributed by atoms with van der Waals surface area (Å²) in [7, 11) is 1.21. The summed E-state index contributed by atoms with van der Waals surface area (Å²) in [4.78, 5) is 24.5. The van der Waals surface area contributed by atoms with Crippen molar-refractivity contribution in [1.82, 2.24) is 0 Å². The first-order valence-electron chi connectivity index (χ1n) is 5.99. The molecule has 0 N–H and O–H groups in total. The predicted molar refractivity (Wildman–Crippen MR) is 68.9 cm³/mol. The van der Waals surface area contributed by atoms with E-state index in [0.29, 0.717) is 0 Å². The highest BCUT2D eigenvalue weighted by Crippen LogP contribution is 2.37. The summed E-state index contributed by atoms with van der Waals surface area (Å²) < 4.78 is 42.4. The fourth-order valence-electron chi connectivity index (χ4n) is 2.18. The molecule has 1 aliphatic heterocycles. The average Bonchev–Trinajstić information content (AvgIpc) is 2.78. The third-order valence-corrected chi connectivity index (χ3v) is 3.54. The molecule has 1 aromatic rings. The lowest BCUT2D eigenvalue weighted by molar-refractivity contribution is -0.145. The SMILES string of the molecule is COC(=O)C1CC(=O)N(c2ccc(C(F)(F)F)c(Cl)c2)C1. The van der Waals surface area contributed by atoms with E-state index in [4.69, 9.17) is 11.6 Å². The number of halogens is 4. The first-order chi connectivity index (χ1) is 9.74. The summed E-state index contributed by atoms with van der Waals surface area (Å²) in [6.45, 7) is 0.0627. The van der Waals surface area contributed by atoms with Gasteiger partial charge in [0.2, 0.25) is 5.91 Å². The smallest absolute Gasteiger partial charge is 0.417 e. The van der Waals surface area contributed by atoms with E-state index in [1.165, 1.54) is 12.0 Å². The van der Waals surface area contributed by atoms with Crippen LogP contribution in [0, 0.1) is 5.92 Å². The molecule has 0 spiro atoms. The minimum Gasteiger partial charge on any atom is -0.469 e. The van der Waals surface area contributed by atoms with Gasteiger partial charge in [-0.25, -0.2) is 0 Å². The quantitative estimate of drug-likeness (QED) is 0.787. The molecule has 8 heteroatoms. The van der Waals surface area contributed by atoms with Crippen LogP contribution in [0.3, 0.4) is 0 Å². The summed E-state index contributed by atoms with van der Waals surface area (Å²) in [6, 6.07) is 3.05. The van der Waals surface area contributed by atoms with Crippen molar-refractivity contribution in [3.8, 4) is 0 Å². The molecule has 0 bridgehead atoms. The average molecular weight is 322 g/mol. The number of hydrogen-bond donors (Lipinski definition) is 0. The van der Waals surface area contributed by atoms with E-state index in [0.717, 1.165) is 18.2 Å². The van der Waals surface area contributed by atoms with Gasteiger partial charge < -0.3 is 9.64 Å². The Morgan fingerprint density at radius 2 is 2.10 bits per heavy atom. The van der Waals surface area contributed by atoms with E-state index in [1.807, 2.05) is 0 Å². The van der Waals surface area contributed by atoms with E-state index in [-0.39, 0.29) is 24.6 Å². The second-order valence-electron chi connectivity index (χ2n) is 4.59. The molecule has 1 aromatic carbocycles. The lowest BCUT2D eigenvalue weighted by Gasteiger charge is -2.18. The molecule has 114 valence electrons. The lowest BCUT2D eigenvalue weighted by atomic mass is 10.1. The van der Waals surface area contributed by atoms with Gasteiger partial charge in [0.25, 0.3) is 0 Å². The summed E-state index contributed by atoms with van der Waals surface area (Å²) >= 11 is 5.62. The summed E-state index contributed by atoms with van der Waals surface area (Å²) in [5.41, 5.74) is -0.742. The van der Waals surface area contributed by atoms with Gasteiger partial charge in [-0.3, -0.25) is 9.59 Å². The number of esters is 1.